The second kappa shape index (κ2) is 10.3. The van der Waals surface area contributed by atoms with Crippen molar-refractivity contribution in [3.05, 3.63) is 44.9 Å². The summed E-state index contributed by atoms with van der Waals surface area (Å²) in [7, 11) is 1.56. The third-order valence-corrected chi connectivity index (χ3v) is 5.93. The van der Waals surface area contributed by atoms with Crippen LogP contribution in [0.5, 0.6) is 0 Å². The van der Waals surface area contributed by atoms with Crippen LogP contribution in [0, 0.1) is 17.0 Å². The number of fused-ring (bicyclic) bond motifs is 1. The van der Waals surface area contributed by atoms with Crippen molar-refractivity contribution in [3.63, 3.8) is 0 Å². The predicted molar refractivity (Wildman–Crippen MR) is 116 cm³/mol. The van der Waals surface area contributed by atoms with Crippen LogP contribution in [0.2, 0.25) is 0 Å². The van der Waals surface area contributed by atoms with Crippen LogP contribution in [-0.2, 0) is 20.9 Å². The molecule has 13 heteroatoms. The summed E-state index contributed by atoms with van der Waals surface area (Å²) in [6.07, 6.45) is 0. The highest BCUT2D eigenvalue weighted by atomic mass is 32.2. The van der Waals surface area contributed by atoms with E-state index >= 15 is 0 Å². The number of ether oxygens (including phenoxy) is 1. The van der Waals surface area contributed by atoms with Gasteiger partial charge < -0.3 is 19.1 Å². The molecule has 2 aromatic heterocycles. The highest BCUT2D eigenvalue weighted by Gasteiger charge is 2.13. The molecule has 11 nitrogen and oxygen atoms in total. The molecule has 0 saturated carbocycles. The van der Waals surface area contributed by atoms with Gasteiger partial charge in [-0.15, -0.1) is 11.8 Å². The molecule has 164 valence electrons. The van der Waals surface area contributed by atoms with Gasteiger partial charge in [-0.1, -0.05) is 16.5 Å². The molecule has 0 aliphatic carbocycles. The van der Waals surface area contributed by atoms with Gasteiger partial charge in [0.1, 0.15) is 5.76 Å². The fourth-order valence-corrected chi connectivity index (χ4v) is 4.34. The lowest BCUT2D eigenvalue weighted by Crippen LogP contribution is -2.20. The number of nitro groups is 1. The number of non-ortho nitro benzene ring substituents is 1. The van der Waals surface area contributed by atoms with Crippen molar-refractivity contribution in [2.45, 2.75) is 13.5 Å². The average Bonchev–Trinajstić information content (AvgIpc) is 3.28. The molecule has 0 radical (unpaired) electrons. The van der Waals surface area contributed by atoms with Gasteiger partial charge in [-0.25, -0.2) is 0 Å². The maximum Gasteiger partial charge on any atom is 0.270 e. The van der Waals surface area contributed by atoms with E-state index in [9.17, 15) is 19.7 Å². The van der Waals surface area contributed by atoms with Crippen LogP contribution in [0.1, 0.15) is 5.76 Å². The Morgan fingerprint density at radius 1 is 1.39 bits per heavy atom. The van der Waals surface area contributed by atoms with Gasteiger partial charge in [-0.2, -0.15) is 4.99 Å². The van der Waals surface area contributed by atoms with Crippen LogP contribution in [0.3, 0.4) is 0 Å². The number of carbonyl (C=O) groups is 2. The minimum Gasteiger partial charge on any atom is -0.383 e. The van der Waals surface area contributed by atoms with Gasteiger partial charge in [-0.3, -0.25) is 19.7 Å². The third-order valence-electron chi connectivity index (χ3n) is 3.97. The second-order valence-electron chi connectivity index (χ2n) is 6.31. The molecule has 0 fully saturated rings. The molecule has 0 bridgehead atoms. The van der Waals surface area contributed by atoms with Gasteiger partial charge >= 0.3 is 0 Å². The zero-order valence-corrected chi connectivity index (χ0v) is 18.3. The van der Waals surface area contributed by atoms with Gasteiger partial charge in [0.25, 0.3) is 11.6 Å². The number of anilines is 1. The van der Waals surface area contributed by atoms with Crippen molar-refractivity contribution in [2.24, 2.45) is 4.99 Å². The van der Waals surface area contributed by atoms with E-state index in [1.807, 2.05) is 0 Å². The highest BCUT2D eigenvalue weighted by Crippen LogP contribution is 2.23. The lowest BCUT2D eigenvalue weighted by atomic mass is 10.3. The van der Waals surface area contributed by atoms with E-state index in [1.165, 1.54) is 23.5 Å². The molecule has 0 atom stereocenters. The number of nitrogens with zero attached hydrogens (tertiary/aromatic N) is 4. The fraction of sp³-hybridized carbons (Fsp3) is 0.333. The van der Waals surface area contributed by atoms with Gasteiger partial charge in [0, 0.05) is 31.9 Å². The largest absolute Gasteiger partial charge is 0.383 e. The molecule has 2 heterocycles. The molecule has 0 unspecified atom stereocenters. The Labute approximate surface area is 184 Å². The van der Waals surface area contributed by atoms with Crippen LogP contribution in [0.4, 0.5) is 11.5 Å². The van der Waals surface area contributed by atoms with Crippen molar-refractivity contribution in [1.82, 2.24) is 9.72 Å². The van der Waals surface area contributed by atoms with Crippen molar-refractivity contribution < 1.29 is 23.8 Å². The molecule has 0 spiro atoms. The van der Waals surface area contributed by atoms with Crippen LogP contribution < -0.4 is 10.1 Å². The normalized spacial score (nSPS) is 11.7. The number of amides is 2. The van der Waals surface area contributed by atoms with E-state index in [0.29, 0.717) is 34.2 Å². The Balaban J connectivity index is 1.70. The highest BCUT2D eigenvalue weighted by molar-refractivity contribution is 8.00. The Bertz CT molecular complexity index is 1180. The Morgan fingerprint density at radius 2 is 2.19 bits per heavy atom. The molecule has 0 aliphatic heterocycles. The maximum atomic E-state index is 12.3. The first-order valence-corrected chi connectivity index (χ1v) is 11.0. The Kier molecular flexibility index (Phi) is 7.55. The van der Waals surface area contributed by atoms with Crippen LogP contribution in [-0.4, -0.2) is 51.7 Å². The Morgan fingerprint density at radius 3 is 2.87 bits per heavy atom. The zero-order valence-electron chi connectivity index (χ0n) is 16.7. The number of nitrogens with one attached hydrogen (secondary N) is 1. The monoisotopic (exact) mass is 465 g/mol. The van der Waals surface area contributed by atoms with Gasteiger partial charge in [-0.05, 0) is 13.0 Å². The molecule has 2 amide bonds. The standard InChI is InChI=1S/C18H19N5O6S2/c1-11-7-15(21-29-11)19-16(24)9-30-10-17(25)20-18-22(5-6-28-2)13-4-3-12(23(26)27)8-14(13)31-18/h3-4,7-8H,5-6,9-10H2,1-2H3,(H,19,21,24). The lowest BCUT2D eigenvalue weighted by molar-refractivity contribution is -0.384. The summed E-state index contributed by atoms with van der Waals surface area (Å²) in [6, 6.07) is 6.09. The number of carbonyl (C=O) groups excluding carboxylic acids is 2. The van der Waals surface area contributed by atoms with Crippen molar-refractivity contribution in [1.29, 1.82) is 0 Å². The summed E-state index contributed by atoms with van der Waals surface area (Å²) in [5.74, 6) is 0.224. The summed E-state index contributed by atoms with van der Waals surface area (Å²) in [5, 5.41) is 17.3. The minimum atomic E-state index is -0.470. The molecule has 31 heavy (non-hydrogen) atoms. The summed E-state index contributed by atoms with van der Waals surface area (Å²) in [6.45, 7) is 2.54. The number of nitro benzene ring substituents is 1. The zero-order chi connectivity index (χ0) is 22.4. The number of rotatable bonds is 9. The summed E-state index contributed by atoms with van der Waals surface area (Å²) >= 11 is 2.31. The topological polar surface area (TPSA) is 142 Å². The molecule has 0 aliphatic rings. The molecule has 3 rings (SSSR count). The summed E-state index contributed by atoms with van der Waals surface area (Å²) in [4.78, 5) is 39.4. The number of aryl methyl sites for hydroxylation is 1. The van der Waals surface area contributed by atoms with Crippen LogP contribution >= 0.6 is 23.1 Å². The van der Waals surface area contributed by atoms with Crippen LogP contribution in [0.25, 0.3) is 10.2 Å². The van der Waals surface area contributed by atoms with Crippen molar-refractivity contribution >= 4 is 56.6 Å². The van der Waals surface area contributed by atoms with E-state index in [4.69, 9.17) is 9.26 Å². The first kappa shape index (κ1) is 22.7. The minimum absolute atomic E-state index is 0.00390. The SMILES string of the molecule is COCCn1c(=NC(=O)CSCC(=O)Nc2cc(C)on2)sc2cc([N+](=O)[O-])ccc21. The molecule has 3 aromatic rings. The van der Waals surface area contributed by atoms with E-state index in [0.717, 1.165) is 17.3 Å². The maximum absolute atomic E-state index is 12.3. The van der Waals surface area contributed by atoms with Gasteiger partial charge in [0.05, 0.1) is 33.3 Å². The van der Waals surface area contributed by atoms with Crippen molar-refractivity contribution in [3.8, 4) is 0 Å². The van der Waals surface area contributed by atoms with Crippen LogP contribution in [0.15, 0.2) is 33.8 Å². The van der Waals surface area contributed by atoms with Crippen molar-refractivity contribution in [2.75, 3.05) is 30.5 Å². The first-order chi connectivity index (χ1) is 14.9. The smallest absolute Gasteiger partial charge is 0.270 e. The molecular formula is C18H19N5O6S2. The Hall–Kier alpha value is -3.03. The average molecular weight is 466 g/mol. The number of hydrogen-bond acceptors (Lipinski definition) is 9. The molecular weight excluding hydrogens is 446 g/mol. The number of methoxy groups -OCH3 is 1. The first-order valence-electron chi connectivity index (χ1n) is 9.02. The van der Waals surface area contributed by atoms with Gasteiger partial charge in [0.2, 0.25) is 5.91 Å². The number of thiazole rings is 1. The molecule has 1 N–H and O–H groups in total. The van der Waals surface area contributed by atoms with Gasteiger partial charge in [0.15, 0.2) is 10.6 Å². The number of benzene rings is 1. The quantitative estimate of drug-likeness (QED) is 0.375. The molecule has 1 aromatic carbocycles. The van der Waals surface area contributed by atoms with E-state index in [-0.39, 0.29) is 23.1 Å². The summed E-state index contributed by atoms with van der Waals surface area (Å²) < 4.78 is 12.4. The van der Waals surface area contributed by atoms with E-state index < -0.39 is 10.8 Å². The van der Waals surface area contributed by atoms with E-state index in [2.05, 4.69) is 15.5 Å². The number of hydrogen-bond donors (Lipinski definition) is 1. The number of aromatic nitrogens is 2. The lowest BCUT2D eigenvalue weighted by Gasteiger charge is -2.04. The van der Waals surface area contributed by atoms with E-state index in [1.54, 1.807) is 30.7 Å². The fourth-order valence-electron chi connectivity index (χ4n) is 2.63. The third kappa shape index (κ3) is 5.99. The summed E-state index contributed by atoms with van der Waals surface area (Å²) in [5.41, 5.74) is 0.698. The number of thioether (sulfide) groups is 1. The predicted octanol–water partition coefficient (Wildman–Crippen LogP) is 2.35. The molecule has 0 saturated heterocycles. The second-order valence-corrected chi connectivity index (χ2v) is 8.30.